The number of para-hydroxylation sites is 1. The number of rotatable bonds is 5. The molecule has 1 unspecified atom stereocenters. The molecule has 0 saturated heterocycles. The van der Waals surface area contributed by atoms with Crippen molar-refractivity contribution in [2.75, 3.05) is 13.7 Å². The molecule has 0 aromatic heterocycles. The lowest BCUT2D eigenvalue weighted by Crippen LogP contribution is -2.17. The minimum absolute atomic E-state index is 0.375. The molecule has 1 aromatic rings. The SMILES string of the molecule is CCOc1ccccc1/C=C/C(C)NC. The highest BCUT2D eigenvalue weighted by atomic mass is 16.5. The zero-order valence-corrected chi connectivity index (χ0v) is 9.66. The quantitative estimate of drug-likeness (QED) is 0.798. The van der Waals surface area contributed by atoms with Crippen LogP contribution in [0.2, 0.25) is 0 Å². The Labute approximate surface area is 92.0 Å². The van der Waals surface area contributed by atoms with Crippen LogP contribution in [0.3, 0.4) is 0 Å². The molecule has 1 aromatic carbocycles. The fraction of sp³-hybridized carbons (Fsp3) is 0.385. The van der Waals surface area contributed by atoms with Crippen molar-refractivity contribution in [2.24, 2.45) is 0 Å². The number of nitrogens with one attached hydrogen (secondary N) is 1. The van der Waals surface area contributed by atoms with Crippen molar-refractivity contribution in [3.63, 3.8) is 0 Å². The predicted octanol–water partition coefficient (Wildman–Crippen LogP) is 2.71. The summed E-state index contributed by atoms with van der Waals surface area (Å²) in [5.74, 6) is 0.944. The van der Waals surface area contributed by atoms with E-state index in [4.69, 9.17) is 4.74 Å². The Bertz CT molecular complexity index is 320. The van der Waals surface area contributed by atoms with Gasteiger partial charge in [-0.05, 0) is 27.0 Å². The predicted molar refractivity (Wildman–Crippen MR) is 65.2 cm³/mol. The molecule has 0 aliphatic rings. The average molecular weight is 205 g/mol. The van der Waals surface area contributed by atoms with Gasteiger partial charge in [0.1, 0.15) is 5.75 Å². The minimum Gasteiger partial charge on any atom is -0.493 e. The van der Waals surface area contributed by atoms with Crippen LogP contribution < -0.4 is 10.1 Å². The molecule has 0 spiro atoms. The van der Waals surface area contributed by atoms with Crippen LogP contribution in [-0.4, -0.2) is 19.7 Å². The number of hydrogen-bond donors (Lipinski definition) is 1. The second-order valence-corrected chi connectivity index (χ2v) is 3.41. The van der Waals surface area contributed by atoms with Crippen LogP contribution in [0.4, 0.5) is 0 Å². The summed E-state index contributed by atoms with van der Waals surface area (Å²) in [5.41, 5.74) is 1.13. The maximum absolute atomic E-state index is 5.53. The summed E-state index contributed by atoms with van der Waals surface area (Å²) in [6, 6.07) is 8.44. The van der Waals surface area contributed by atoms with E-state index in [2.05, 4.69) is 30.5 Å². The Balaban J connectivity index is 2.79. The zero-order chi connectivity index (χ0) is 11.1. The molecule has 1 rings (SSSR count). The fourth-order valence-corrected chi connectivity index (χ4v) is 1.25. The first-order chi connectivity index (χ1) is 7.27. The van der Waals surface area contributed by atoms with Crippen LogP contribution in [-0.2, 0) is 0 Å². The van der Waals surface area contributed by atoms with Gasteiger partial charge in [0.15, 0.2) is 0 Å². The van der Waals surface area contributed by atoms with Crippen molar-refractivity contribution in [1.82, 2.24) is 5.32 Å². The first-order valence-corrected chi connectivity index (χ1v) is 5.35. The summed E-state index contributed by atoms with van der Waals surface area (Å²) in [5, 5.41) is 3.16. The normalized spacial score (nSPS) is 13.0. The molecule has 0 heterocycles. The summed E-state index contributed by atoms with van der Waals surface area (Å²) in [7, 11) is 1.95. The fourth-order valence-electron chi connectivity index (χ4n) is 1.25. The van der Waals surface area contributed by atoms with E-state index >= 15 is 0 Å². The van der Waals surface area contributed by atoms with E-state index in [1.54, 1.807) is 0 Å². The second-order valence-electron chi connectivity index (χ2n) is 3.41. The molecule has 2 heteroatoms. The molecular weight excluding hydrogens is 186 g/mol. The third-order valence-electron chi connectivity index (χ3n) is 2.24. The van der Waals surface area contributed by atoms with Crippen LogP contribution in [0.5, 0.6) is 5.75 Å². The largest absolute Gasteiger partial charge is 0.493 e. The smallest absolute Gasteiger partial charge is 0.126 e. The Kier molecular flexibility index (Phi) is 4.91. The zero-order valence-electron chi connectivity index (χ0n) is 9.66. The standard InChI is InChI=1S/C13H19NO/c1-4-15-13-8-6-5-7-12(13)10-9-11(2)14-3/h5-11,14H,4H2,1-3H3/b10-9+. The summed E-state index contributed by atoms with van der Waals surface area (Å²) < 4.78 is 5.53. The van der Waals surface area contributed by atoms with Crippen molar-refractivity contribution in [1.29, 1.82) is 0 Å². The van der Waals surface area contributed by atoms with Gasteiger partial charge in [0.2, 0.25) is 0 Å². The van der Waals surface area contributed by atoms with Crippen molar-refractivity contribution in [3.8, 4) is 5.75 Å². The molecule has 0 bridgehead atoms. The molecule has 2 nitrogen and oxygen atoms in total. The van der Waals surface area contributed by atoms with Gasteiger partial charge in [-0.1, -0.05) is 30.4 Å². The van der Waals surface area contributed by atoms with E-state index < -0.39 is 0 Å². The summed E-state index contributed by atoms with van der Waals surface area (Å²) >= 11 is 0. The maximum Gasteiger partial charge on any atom is 0.126 e. The van der Waals surface area contributed by atoms with E-state index in [0.717, 1.165) is 11.3 Å². The number of likely N-dealkylation sites (N-methyl/N-ethyl adjacent to an activating group) is 1. The summed E-state index contributed by atoms with van der Waals surface area (Å²) in [4.78, 5) is 0. The molecule has 0 aliphatic carbocycles. The van der Waals surface area contributed by atoms with E-state index in [9.17, 15) is 0 Å². The molecule has 0 radical (unpaired) electrons. The van der Waals surface area contributed by atoms with Gasteiger partial charge in [-0.15, -0.1) is 0 Å². The van der Waals surface area contributed by atoms with Crippen LogP contribution in [0.15, 0.2) is 30.3 Å². The van der Waals surface area contributed by atoms with Gasteiger partial charge in [-0.3, -0.25) is 0 Å². The molecule has 0 fully saturated rings. The Morgan fingerprint density at radius 3 is 2.80 bits per heavy atom. The van der Waals surface area contributed by atoms with Crippen LogP contribution in [0, 0.1) is 0 Å². The number of ether oxygens (including phenoxy) is 1. The molecule has 82 valence electrons. The van der Waals surface area contributed by atoms with E-state index in [1.807, 2.05) is 32.2 Å². The molecule has 1 N–H and O–H groups in total. The van der Waals surface area contributed by atoms with Gasteiger partial charge in [-0.2, -0.15) is 0 Å². The van der Waals surface area contributed by atoms with Gasteiger partial charge in [0.25, 0.3) is 0 Å². The monoisotopic (exact) mass is 205 g/mol. The summed E-state index contributed by atoms with van der Waals surface area (Å²) in [6.07, 6.45) is 4.21. The molecular formula is C13H19NO. The molecule has 1 atom stereocenters. The minimum atomic E-state index is 0.375. The highest BCUT2D eigenvalue weighted by Gasteiger charge is 1.98. The lowest BCUT2D eigenvalue weighted by Gasteiger charge is -2.07. The van der Waals surface area contributed by atoms with Gasteiger partial charge in [0, 0.05) is 11.6 Å². The second kappa shape index (κ2) is 6.25. The average Bonchev–Trinajstić information content (AvgIpc) is 2.28. The Morgan fingerprint density at radius 2 is 2.13 bits per heavy atom. The van der Waals surface area contributed by atoms with Crippen molar-refractivity contribution >= 4 is 6.08 Å². The topological polar surface area (TPSA) is 21.3 Å². The number of benzene rings is 1. The number of hydrogen-bond acceptors (Lipinski definition) is 2. The van der Waals surface area contributed by atoms with Gasteiger partial charge >= 0.3 is 0 Å². The maximum atomic E-state index is 5.53. The van der Waals surface area contributed by atoms with Gasteiger partial charge < -0.3 is 10.1 Å². The third kappa shape index (κ3) is 3.76. The third-order valence-corrected chi connectivity index (χ3v) is 2.24. The first kappa shape index (κ1) is 11.8. The van der Waals surface area contributed by atoms with Crippen LogP contribution >= 0.6 is 0 Å². The molecule has 0 amide bonds. The Morgan fingerprint density at radius 1 is 1.40 bits per heavy atom. The first-order valence-electron chi connectivity index (χ1n) is 5.35. The van der Waals surface area contributed by atoms with E-state index in [1.165, 1.54) is 0 Å². The van der Waals surface area contributed by atoms with Crippen molar-refractivity contribution in [2.45, 2.75) is 19.9 Å². The molecule has 15 heavy (non-hydrogen) atoms. The lowest BCUT2D eigenvalue weighted by atomic mass is 10.1. The van der Waals surface area contributed by atoms with Gasteiger partial charge in [-0.25, -0.2) is 0 Å². The van der Waals surface area contributed by atoms with E-state index in [0.29, 0.717) is 12.6 Å². The molecule has 0 aliphatic heterocycles. The van der Waals surface area contributed by atoms with Crippen LogP contribution in [0.25, 0.3) is 6.08 Å². The Hall–Kier alpha value is -1.28. The highest BCUT2D eigenvalue weighted by molar-refractivity contribution is 5.57. The van der Waals surface area contributed by atoms with Crippen LogP contribution in [0.1, 0.15) is 19.4 Å². The lowest BCUT2D eigenvalue weighted by molar-refractivity contribution is 0.339. The summed E-state index contributed by atoms with van der Waals surface area (Å²) in [6.45, 7) is 4.81. The highest BCUT2D eigenvalue weighted by Crippen LogP contribution is 2.19. The van der Waals surface area contributed by atoms with Gasteiger partial charge in [0.05, 0.1) is 6.61 Å². The van der Waals surface area contributed by atoms with Crippen molar-refractivity contribution in [3.05, 3.63) is 35.9 Å². The van der Waals surface area contributed by atoms with E-state index in [-0.39, 0.29) is 0 Å². The van der Waals surface area contributed by atoms with Crippen molar-refractivity contribution < 1.29 is 4.74 Å². The molecule has 0 saturated carbocycles.